The van der Waals surface area contributed by atoms with Crippen molar-refractivity contribution in [3.8, 4) is 5.75 Å². The number of hydrogen-bond donors (Lipinski definition) is 0. The Balaban J connectivity index is 1.77. The van der Waals surface area contributed by atoms with Crippen LogP contribution in [0.2, 0.25) is 0 Å². The van der Waals surface area contributed by atoms with Crippen LogP contribution in [-0.4, -0.2) is 108 Å². The summed E-state index contributed by atoms with van der Waals surface area (Å²) in [5, 5.41) is 3.99. The Morgan fingerprint density at radius 3 is 2.44 bits per heavy atom. The second kappa shape index (κ2) is 16.1. The molecule has 0 saturated heterocycles. The average molecular weight is 598 g/mol. The maximum absolute atomic E-state index is 13.7. The summed E-state index contributed by atoms with van der Waals surface area (Å²) in [6, 6.07) is 6.35. The molecule has 1 aromatic heterocycles. The van der Waals surface area contributed by atoms with Crippen LogP contribution in [0.3, 0.4) is 0 Å². The Morgan fingerprint density at radius 2 is 1.74 bits per heavy atom. The zero-order valence-corrected chi connectivity index (χ0v) is 26.6. The first-order valence-corrected chi connectivity index (χ1v) is 15.2. The van der Waals surface area contributed by atoms with Crippen molar-refractivity contribution in [2.24, 2.45) is 0 Å². The van der Waals surface area contributed by atoms with E-state index in [0.717, 1.165) is 23.4 Å². The molecule has 0 saturated carbocycles. The molecule has 2 heterocycles. The Hall–Kier alpha value is -3.89. The smallest absolute Gasteiger partial charge is 0.258 e. The predicted octanol–water partition coefficient (Wildman–Crippen LogP) is 3.47. The monoisotopic (exact) mass is 597 g/mol. The van der Waals surface area contributed by atoms with E-state index in [0.29, 0.717) is 82.6 Å². The summed E-state index contributed by atoms with van der Waals surface area (Å²) in [4.78, 5) is 59.0. The highest BCUT2D eigenvalue weighted by Crippen LogP contribution is 2.23. The summed E-state index contributed by atoms with van der Waals surface area (Å²) in [5.74, 6) is 0.734. The number of carbonyl (C=O) groups is 4. The molecule has 0 aliphatic carbocycles. The summed E-state index contributed by atoms with van der Waals surface area (Å²) < 4.78 is 11.3. The average Bonchev–Trinajstić information content (AvgIpc) is 3.31. The molecular formula is C32H47N5O6. The minimum absolute atomic E-state index is 0.0480. The van der Waals surface area contributed by atoms with Crippen molar-refractivity contribution in [3.63, 3.8) is 0 Å². The molecule has 4 amide bonds. The first-order chi connectivity index (χ1) is 20.5. The van der Waals surface area contributed by atoms with Crippen molar-refractivity contribution in [2.45, 2.75) is 71.8 Å². The molecule has 0 unspecified atom stereocenters. The maximum Gasteiger partial charge on any atom is 0.258 e. The first-order valence-electron chi connectivity index (χ1n) is 15.2. The predicted molar refractivity (Wildman–Crippen MR) is 163 cm³/mol. The van der Waals surface area contributed by atoms with Gasteiger partial charge in [0.05, 0.1) is 17.9 Å². The topological polar surface area (TPSA) is 117 Å². The second-order valence-electron chi connectivity index (χ2n) is 11.4. The molecular weight excluding hydrogens is 550 g/mol. The van der Waals surface area contributed by atoms with Gasteiger partial charge in [-0.05, 0) is 64.5 Å². The lowest BCUT2D eigenvalue weighted by Crippen LogP contribution is -2.49. The van der Waals surface area contributed by atoms with Crippen molar-refractivity contribution in [1.29, 1.82) is 0 Å². The lowest BCUT2D eigenvalue weighted by atomic mass is 10.1. The third-order valence-corrected chi connectivity index (χ3v) is 8.20. The largest absolute Gasteiger partial charge is 0.493 e. The van der Waals surface area contributed by atoms with Crippen LogP contribution in [0.5, 0.6) is 5.75 Å². The molecule has 0 fully saturated rings. The van der Waals surface area contributed by atoms with E-state index in [1.165, 1.54) is 11.8 Å². The van der Waals surface area contributed by atoms with Crippen LogP contribution in [0, 0.1) is 13.8 Å². The van der Waals surface area contributed by atoms with Gasteiger partial charge >= 0.3 is 0 Å². The van der Waals surface area contributed by atoms with Gasteiger partial charge in [0.15, 0.2) is 0 Å². The van der Waals surface area contributed by atoms with Crippen LogP contribution >= 0.6 is 0 Å². The van der Waals surface area contributed by atoms with Gasteiger partial charge in [0, 0.05) is 66.2 Å². The molecule has 0 radical (unpaired) electrons. The Bertz CT molecular complexity index is 1240. The van der Waals surface area contributed by atoms with E-state index in [1.807, 2.05) is 24.8 Å². The third kappa shape index (κ3) is 9.30. The fourth-order valence-electron chi connectivity index (χ4n) is 5.33. The number of aryl methyl sites for hydroxylation is 2. The van der Waals surface area contributed by atoms with E-state index in [2.05, 4.69) is 5.16 Å². The molecule has 1 aromatic carbocycles. The fourth-order valence-corrected chi connectivity index (χ4v) is 5.33. The highest BCUT2D eigenvalue weighted by Gasteiger charge is 2.31. The summed E-state index contributed by atoms with van der Waals surface area (Å²) >= 11 is 0. The van der Waals surface area contributed by atoms with E-state index >= 15 is 0 Å². The van der Waals surface area contributed by atoms with E-state index in [9.17, 15) is 19.2 Å². The van der Waals surface area contributed by atoms with Crippen LogP contribution in [0.15, 0.2) is 28.8 Å². The summed E-state index contributed by atoms with van der Waals surface area (Å²) in [5.41, 5.74) is 2.16. The third-order valence-electron chi connectivity index (χ3n) is 8.20. The quantitative estimate of drug-likeness (QED) is 0.480. The van der Waals surface area contributed by atoms with Gasteiger partial charge in [-0.3, -0.25) is 19.2 Å². The molecule has 1 atom stereocenters. The number of carbonyl (C=O) groups excluding carboxylic acids is 4. The van der Waals surface area contributed by atoms with Gasteiger partial charge in [0.2, 0.25) is 17.7 Å². The Kier molecular flexibility index (Phi) is 12.6. The summed E-state index contributed by atoms with van der Waals surface area (Å²) in [7, 11) is 5.13. The molecule has 0 bridgehead atoms. The summed E-state index contributed by atoms with van der Waals surface area (Å²) in [6.45, 7) is 7.69. The van der Waals surface area contributed by atoms with Crippen molar-refractivity contribution in [3.05, 3.63) is 46.8 Å². The van der Waals surface area contributed by atoms with Gasteiger partial charge < -0.3 is 28.9 Å². The zero-order chi connectivity index (χ0) is 31.5. The molecule has 1 aliphatic heterocycles. The van der Waals surface area contributed by atoms with Gasteiger partial charge in [0.25, 0.3) is 5.91 Å². The Morgan fingerprint density at radius 1 is 1.05 bits per heavy atom. The standard InChI is InChI=1S/C32H47N5O6/c1-23-26(24(2)43-33-23)16-17-30(39)37-20-10-9-18-35(5)32(41)28(14-11-19-34(4)25(3)38)36(6)31(40)27-13-7-8-15-29(27)42-22-12-21-37/h7-8,13,15,28H,9-12,14,16-22H2,1-6H3/t28-/m0/s1. The number of para-hydroxylation sites is 1. The van der Waals surface area contributed by atoms with E-state index in [4.69, 9.17) is 9.26 Å². The van der Waals surface area contributed by atoms with Crippen molar-refractivity contribution >= 4 is 23.6 Å². The van der Waals surface area contributed by atoms with Gasteiger partial charge in [0.1, 0.15) is 17.6 Å². The molecule has 2 aromatic rings. The van der Waals surface area contributed by atoms with Crippen LogP contribution in [0.1, 0.15) is 72.8 Å². The zero-order valence-electron chi connectivity index (χ0n) is 26.6. The van der Waals surface area contributed by atoms with Crippen LogP contribution in [0.25, 0.3) is 0 Å². The van der Waals surface area contributed by atoms with Gasteiger partial charge in [-0.1, -0.05) is 17.3 Å². The highest BCUT2D eigenvalue weighted by atomic mass is 16.5. The maximum atomic E-state index is 13.7. The number of ether oxygens (including phenoxy) is 1. The molecule has 3 rings (SSSR count). The van der Waals surface area contributed by atoms with Gasteiger partial charge in [-0.15, -0.1) is 0 Å². The highest BCUT2D eigenvalue weighted by molar-refractivity contribution is 5.99. The van der Waals surface area contributed by atoms with E-state index in [1.54, 1.807) is 49.1 Å². The normalized spacial score (nSPS) is 17.4. The lowest BCUT2D eigenvalue weighted by molar-refractivity contribution is -0.135. The number of nitrogens with zero attached hydrogens (tertiary/aromatic N) is 5. The molecule has 43 heavy (non-hydrogen) atoms. The van der Waals surface area contributed by atoms with Crippen LogP contribution in [0.4, 0.5) is 0 Å². The molecule has 1 aliphatic rings. The molecule has 0 spiro atoms. The second-order valence-corrected chi connectivity index (χ2v) is 11.4. The van der Waals surface area contributed by atoms with Crippen molar-refractivity contribution < 1.29 is 28.4 Å². The van der Waals surface area contributed by atoms with Gasteiger partial charge in [-0.2, -0.15) is 0 Å². The number of amides is 4. The minimum Gasteiger partial charge on any atom is -0.493 e. The Labute approximate surface area is 255 Å². The number of benzene rings is 1. The summed E-state index contributed by atoms with van der Waals surface area (Å²) in [6.07, 6.45) is 3.97. The molecule has 0 N–H and O–H groups in total. The molecule has 236 valence electrons. The first kappa shape index (κ1) is 33.6. The number of rotatable bonds is 7. The minimum atomic E-state index is -0.693. The molecule has 11 nitrogen and oxygen atoms in total. The van der Waals surface area contributed by atoms with Crippen LogP contribution in [-0.2, 0) is 20.8 Å². The fraction of sp³-hybridized carbons (Fsp3) is 0.594. The number of hydrogen-bond acceptors (Lipinski definition) is 7. The molecule has 11 heteroatoms. The van der Waals surface area contributed by atoms with Crippen LogP contribution < -0.4 is 4.74 Å². The number of fused-ring (bicyclic) bond motifs is 1. The SMILES string of the molecule is CC(=O)N(C)CCC[C@H]1C(=O)N(C)CCCCN(C(=O)CCc2c(C)noc2C)CCCOc2ccccc2C(=O)N1C. The van der Waals surface area contributed by atoms with E-state index < -0.39 is 6.04 Å². The number of aromatic nitrogens is 1. The van der Waals surface area contributed by atoms with Gasteiger partial charge in [-0.25, -0.2) is 0 Å². The van der Waals surface area contributed by atoms with Crippen molar-refractivity contribution in [2.75, 3.05) is 53.9 Å². The number of likely N-dealkylation sites (N-methyl/N-ethyl adjacent to an activating group) is 2. The lowest BCUT2D eigenvalue weighted by Gasteiger charge is -2.32. The van der Waals surface area contributed by atoms with Crippen molar-refractivity contribution in [1.82, 2.24) is 24.8 Å². The van der Waals surface area contributed by atoms with E-state index in [-0.39, 0.29) is 23.6 Å².